The summed E-state index contributed by atoms with van der Waals surface area (Å²) < 4.78 is 10.6. The number of aliphatic hydroxyl groups is 2. The average molecular weight is 359 g/mol. The third-order valence-electron chi connectivity index (χ3n) is 3.63. The number of nitrogens with one attached hydrogen (secondary N) is 1. The molecule has 0 aliphatic heterocycles. The van der Waals surface area contributed by atoms with Gasteiger partial charge in [0.1, 0.15) is 5.58 Å². The lowest BCUT2D eigenvalue weighted by Crippen LogP contribution is -2.12. The van der Waals surface area contributed by atoms with Crippen molar-refractivity contribution in [3.8, 4) is 0 Å². The summed E-state index contributed by atoms with van der Waals surface area (Å²) in [5.41, 5.74) is 1.43. The number of carbonyl (C=O) groups is 1. The van der Waals surface area contributed by atoms with Crippen LogP contribution < -0.4 is 10.7 Å². The molecule has 2 rings (SSSR count). The second-order valence-electron chi connectivity index (χ2n) is 5.35. The van der Waals surface area contributed by atoms with E-state index >= 15 is 0 Å². The number of hydrogen-bond donors (Lipinski definition) is 3. The molecule has 138 valence electrons. The van der Waals surface area contributed by atoms with Crippen LogP contribution in [0.1, 0.15) is 23.0 Å². The van der Waals surface area contributed by atoms with E-state index in [-0.39, 0.29) is 36.6 Å². The molecule has 2 aromatic rings. The Morgan fingerprint density at radius 3 is 2.77 bits per heavy atom. The monoisotopic (exact) mass is 359 g/mol. The topological polar surface area (TPSA) is 109 Å². The Hall–Kier alpha value is -2.90. The molecule has 0 bridgehead atoms. The van der Waals surface area contributed by atoms with E-state index in [1.165, 1.54) is 6.08 Å². The number of esters is 1. The summed E-state index contributed by atoms with van der Waals surface area (Å²) >= 11 is 0. The van der Waals surface area contributed by atoms with Crippen molar-refractivity contribution in [1.29, 1.82) is 0 Å². The van der Waals surface area contributed by atoms with Gasteiger partial charge >= 0.3 is 5.97 Å². The van der Waals surface area contributed by atoms with Crippen LogP contribution in [-0.2, 0) is 11.2 Å². The zero-order valence-electron chi connectivity index (χ0n) is 14.4. The number of aliphatic hydroxyl groups excluding tert-OH is 2. The Balaban J connectivity index is 2.66. The normalized spacial score (nSPS) is 11.4. The summed E-state index contributed by atoms with van der Waals surface area (Å²) in [5, 5.41) is 21.7. The van der Waals surface area contributed by atoms with Gasteiger partial charge in [-0.3, -0.25) is 4.79 Å². The Bertz CT molecular complexity index is 897. The van der Waals surface area contributed by atoms with Crippen LogP contribution in [0.15, 0.2) is 51.8 Å². The third kappa shape index (κ3) is 4.19. The van der Waals surface area contributed by atoms with E-state index in [1.807, 2.05) is 0 Å². The van der Waals surface area contributed by atoms with Crippen LogP contribution in [0.4, 0.5) is 5.69 Å². The second kappa shape index (κ2) is 8.98. The van der Waals surface area contributed by atoms with Gasteiger partial charge in [0, 0.05) is 23.0 Å². The summed E-state index contributed by atoms with van der Waals surface area (Å²) in [6.07, 6.45) is 3.41. The lowest BCUT2D eigenvalue weighted by Gasteiger charge is -2.14. The van der Waals surface area contributed by atoms with Crippen molar-refractivity contribution in [1.82, 2.24) is 0 Å². The molecule has 7 nitrogen and oxygen atoms in total. The molecule has 1 aromatic carbocycles. The Morgan fingerprint density at radius 2 is 2.15 bits per heavy atom. The number of hydrogen-bond acceptors (Lipinski definition) is 7. The quantitative estimate of drug-likeness (QED) is 0.488. The predicted molar refractivity (Wildman–Crippen MR) is 98.2 cm³/mol. The molecule has 7 heteroatoms. The van der Waals surface area contributed by atoms with E-state index in [2.05, 4.69) is 11.9 Å². The fraction of sp³-hybridized carbons (Fsp3) is 0.263. The zero-order valence-corrected chi connectivity index (χ0v) is 14.4. The summed E-state index contributed by atoms with van der Waals surface area (Å²) in [7, 11) is 0. The van der Waals surface area contributed by atoms with Crippen LogP contribution in [-0.4, -0.2) is 36.0 Å². The first-order chi connectivity index (χ1) is 12.5. The van der Waals surface area contributed by atoms with E-state index in [4.69, 9.17) is 14.3 Å². The Morgan fingerprint density at radius 1 is 1.38 bits per heavy atom. The third-order valence-corrected chi connectivity index (χ3v) is 3.63. The molecule has 0 aliphatic carbocycles. The Labute approximate surface area is 150 Å². The zero-order chi connectivity index (χ0) is 19.1. The van der Waals surface area contributed by atoms with Crippen LogP contribution >= 0.6 is 0 Å². The maximum absolute atomic E-state index is 12.4. The minimum atomic E-state index is -0.717. The summed E-state index contributed by atoms with van der Waals surface area (Å²) in [6, 6.07) is 4.35. The summed E-state index contributed by atoms with van der Waals surface area (Å²) in [4.78, 5) is 24.3. The maximum atomic E-state index is 12.4. The van der Waals surface area contributed by atoms with Gasteiger partial charge < -0.3 is 24.7 Å². The first-order valence-electron chi connectivity index (χ1n) is 8.11. The minimum Gasteiger partial charge on any atom is -0.460 e. The smallest absolute Gasteiger partial charge is 0.374 e. The van der Waals surface area contributed by atoms with Gasteiger partial charge in [0.2, 0.25) is 5.76 Å². The van der Waals surface area contributed by atoms with E-state index < -0.39 is 5.97 Å². The predicted octanol–water partition coefficient (Wildman–Crippen LogP) is 1.98. The molecule has 0 fully saturated rings. The SMILES string of the molecule is C=CCc1c(NC(=CCO)CO)ccc2c(=O)cc(C(=O)OCC)oc12. The van der Waals surface area contributed by atoms with Crippen molar-refractivity contribution in [3.63, 3.8) is 0 Å². The molecule has 3 N–H and O–H groups in total. The summed E-state index contributed by atoms with van der Waals surface area (Å²) in [6.45, 7) is 4.98. The highest BCUT2D eigenvalue weighted by Gasteiger charge is 2.17. The van der Waals surface area contributed by atoms with Gasteiger partial charge in [-0.15, -0.1) is 6.58 Å². The van der Waals surface area contributed by atoms with Crippen LogP contribution in [0.5, 0.6) is 0 Å². The molecule has 1 heterocycles. The number of ether oxygens (including phenoxy) is 1. The fourth-order valence-corrected chi connectivity index (χ4v) is 2.48. The lowest BCUT2D eigenvalue weighted by atomic mass is 10.0. The van der Waals surface area contributed by atoms with Gasteiger partial charge in [-0.2, -0.15) is 0 Å². The Kier molecular flexibility index (Phi) is 6.71. The van der Waals surface area contributed by atoms with Gasteiger partial charge in [-0.1, -0.05) is 6.08 Å². The molecule has 0 unspecified atom stereocenters. The molecular formula is C19H21NO6. The van der Waals surface area contributed by atoms with Crippen molar-refractivity contribution < 1.29 is 24.2 Å². The molecule has 1 aromatic heterocycles. The van der Waals surface area contributed by atoms with Crippen LogP contribution in [0.3, 0.4) is 0 Å². The maximum Gasteiger partial charge on any atom is 0.374 e. The lowest BCUT2D eigenvalue weighted by molar-refractivity contribution is 0.0490. The molecule has 26 heavy (non-hydrogen) atoms. The molecular weight excluding hydrogens is 338 g/mol. The number of fused-ring (bicyclic) bond motifs is 1. The fourth-order valence-electron chi connectivity index (χ4n) is 2.48. The minimum absolute atomic E-state index is 0.160. The molecule has 0 atom stereocenters. The van der Waals surface area contributed by atoms with Crippen molar-refractivity contribution in [2.75, 3.05) is 25.1 Å². The summed E-state index contributed by atoms with van der Waals surface area (Å²) in [5.74, 6) is -0.897. The highest BCUT2D eigenvalue weighted by atomic mass is 16.5. The standard InChI is InChI=1S/C19H21NO6/c1-3-5-13-15(20-12(11-22)8-9-21)7-6-14-16(23)10-17(26-18(13)14)19(24)25-4-2/h3,6-8,10,20-22H,1,4-5,9,11H2,2H3. The highest BCUT2D eigenvalue weighted by Crippen LogP contribution is 2.27. The van der Waals surface area contributed by atoms with E-state index in [0.29, 0.717) is 28.8 Å². The molecule has 0 aliphatic rings. The largest absolute Gasteiger partial charge is 0.460 e. The number of anilines is 1. The first kappa shape index (κ1) is 19.4. The van der Waals surface area contributed by atoms with E-state index in [0.717, 1.165) is 6.07 Å². The average Bonchev–Trinajstić information content (AvgIpc) is 2.63. The molecule has 0 spiro atoms. The first-order valence-corrected chi connectivity index (χ1v) is 8.11. The number of allylic oxidation sites excluding steroid dienone is 1. The van der Waals surface area contributed by atoms with Gasteiger partial charge in [-0.05, 0) is 31.6 Å². The van der Waals surface area contributed by atoms with Crippen LogP contribution in [0.25, 0.3) is 11.0 Å². The van der Waals surface area contributed by atoms with Crippen LogP contribution in [0, 0.1) is 0 Å². The second-order valence-corrected chi connectivity index (χ2v) is 5.35. The van der Waals surface area contributed by atoms with Gasteiger partial charge in [0.15, 0.2) is 5.43 Å². The van der Waals surface area contributed by atoms with E-state index in [9.17, 15) is 14.7 Å². The van der Waals surface area contributed by atoms with Crippen LogP contribution in [0.2, 0.25) is 0 Å². The van der Waals surface area contributed by atoms with Crippen molar-refractivity contribution in [2.24, 2.45) is 0 Å². The van der Waals surface area contributed by atoms with Gasteiger partial charge in [-0.25, -0.2) is 4.79 Å². The van der Waals surface area contributed by atoms with Crippen molar-refractivity contribution in [2.45, 2.75) is 13.3 Å². The van der Waals surface area contributed by atoms with Crippen molar-refractivity contribution in [3.05, 3.63) is 64.2 Å². The number of benzene rings is 1. The van der Waals surface area contributed by atoms with E-state index in [1.54, 1.807) is 25.1 Å². The number of carbonyl (C=O) groups excluding carboxylic acids is 1. The number of rotatable bonds is 8. The molecule has 0 amide bonds. The highest BCUT2D eigenvalue weighted by molar-refractivity contribution is 5.91. The van der Waals surface area contributed by atoms with Gasteiger partial charge in [0.05, 0.1) is 25.2 Å². The molecule has 0 saturated heterocycles. The van der Waals surface area contributed by atoms with Gasteiger partial charge in [0.25, 0.3) is 0 Å². The molecule has 0 radical (unpaired) electrons. The van der Waals surface area contributed by atoms with Crippen molar-refractivity contribution >= 4 is 22.6 Å². The molecule has 0 saturated carbocycles.